The van der Waals surface area contributed by atoms with Crippen LogP contribution in [0.25, 0.3) is 0 Å². The summed E-state index contributed by atoms with van der Waals surface area (Å²) in [4.78, 5) is 23.9. The van der Waals surface area contributed by atoms with Crippen molar-refractivity contribution < 1.29 is 4.79 Å². The molecule has 0 bridgehead atoms. The fraction of sp³-hybridized carbons (Fsp3) is 0.200. The van der Waals surface area contributed by atoms with Crippen molar-refractivity contribution in [1.29, 1.82) is 5.26 Å². The molecule has 2 heterocycles. The van der Waals surface area contributed by atoms with E-state index in [-0.39, 0.29) is 12.5 Å². The molecule has 0 aliphatic heterocycles. The summed E-state index contributed by atoms with van der Waals surface area (Å²) in [5.41, 5.74) is 2.65. The molecule has 136 valence electrons. The molecule has 0 saturated carbocycles. The van der Waals surface area contributed by atoms with Crippen molar-refractivity contribution in [2.75, 3.05) is 23.8 Å². The summed E-state index contributed by atoms with van der Waals surface area (Å²) in [5, 5.41) is 12.3. The van der Waals surface area contributed by atoms with Crippen molar-refractivity contribution >= 4 is 28.2 Å². The number of carbonyl (C=O) groups is 1. The largest absolute Gasteiger partial charge is 0.350 e. The van der Waals surface area contributed by atoms with Gasteiger partial charge in [0.2, 0.25) is 5.91 Å². The van der Waals surface area contributed by atoms with Gasteiger partial charge in [-0.25, -0.2) is 9.97 Å². The second-order valence-corrected chi connectivity index (χ2v) is 7.31. The first kappa shape index (κ1) is 18.5. The normalized spacial score (nSPS) is 10.3. The molecule has 0 atom stereocenters. The Morgan fingerprint density at radius 1 is 1.26 bits per heavy atom. The SMILES string of the molecule is Cc1sc(NC(=O)CN(C)c2ccc(C#N)cn2)nc1Cc1ccccc1. The zero-order valence-electron chi connectivity index (χ0n) is 15.1. The van der Waals surface area contributed by atoms with Crippen LogP contribution in [0.3, 0.4) is 0 Å². The number of rotatable bonds is 6. The number of hydrogen-bond acceptors (Lipinski definition) is 6. The Bertz CT molecular complexity index is 960. The maximum atomic E-state index is 12.3. The van der Waals surface area contributed by atoms with Crippen LogP contribution in [0.5, 0.6) is 0 Å². The minimum Gasteiger partial charge on any atom is -0.350 e. The van der Waals surface area contributed by atoms with Crippen LogP contribution in [0.4, 0.5) is 10.9 Å². The highest BCUT2D eigenvalue weighted by molar-refractivity contribution is 7.15. The van der Waals surface area contributed by atoms with E-state index in [1.54, 1.807) is 24.1 Å². The third-order valence-electron chi connectivity index (χ3n) is 4.00. The van der Waals surface area contributed by atoms with Gasteiger partial charge in [-0.05, 0) is 24.6 Å². The summed E-state index contributed by atoms with van der Waals surface area (Å²) < 4.78 is 0. The third-order valence-corrected chi connectivity index (χ3v) is 4.93. The molecule has 0 radical (unpaired) electrons. The van der Waals surface area contributed by atoms with Gasteiger partial charge in [-0.2, -0.15) is 5.26 Å². The number of nitriles is 1. The van der Waals surface area contributed by atoms with Crippen LogP contribution < -0.4 is 10.2 Å². The number of nitrogens with one attached hydrogen (secondary N) is 1. The van der Waals surface area contributed by atoms with E-state index < -0.39 is 0 Å². The van der Waals surface area contributed by atoms with Crippen LogP contribution in [0, 0.1) is 18.3 Å². The number of benzene rings is 1. The highest BCUT2D eigenvalue weighted by Crippen LogP contribution is 2.24. The Hall–Kier alpha value is -3.24. The van der Waals surface area contributed by atoms with E-state index in [0.717, 1.165) is 17.0 Å². The van der Waals surface area contributed by atoms with Gasteiger partial charge >= 0.3 is 0 Å². The van der Waals surface area contributed by atoms with Gasteiger partial charge in [0.25, 0.3) is 0 Å². The van der Waals surface area contributed by atoms with Crippen LogP contribution in [0.2, 0.25) is 0 Å². The van der Waals surface area contributed by atoms with Gasteiger partial charge < -0.3 is 10.2 Å². The van der Waals surface area contributed by atoms with E-state index in [0.29, 0.717) is 16.5 Å². The summed E-state index contributed by atoms with van der Waals surface area (Å²) in [6.07, 6.45) is 2.23. The second-order valence-electron chi connectivity index (χ2n) is 6.11. The van der Waals surface area contributed by atoms with Gasteiger partial charge in [0.1, 0.15) is 11.9 Å². The number of thiazole rings is 1. The molecular formula is C20H19N5OS. The fourth-order valence-corrected chi connectivity index (χ4v) is 3.41. The number of likely N-dealkylation sites (N-methyl/N-ethyl adjacent to an activating group) is 1. The molecule has 0 spiro atoms. The first-order chi connectivity index (χ1) is 13.0. The van der Waals surface area contributed by atoms with Crippen molar-refractivity contribution in [3.05, 3.63) is 70.4 Å². The number of pyridine rings is 1. The minimum absolute atomic E-state index is 0.144. The van der Waals surface area contributed by atoms with Crippen molar-refractivity contribution in [3.8, 4) is 6.07 Å². The van der Waals surface area contributed by atoms with Crippen molar-refractivity contribution in [2.45, 2.75) is 13.3 Å². The molecule has 3 aromatic rings. The van der Waals surface area contributed by atoms with Crippen LogP contribution >= 0.6 is 11.3 Å². The number of amides is 1. The lowest BCUT2D eigenvalue weighted by atomic mass is 10.1. The Labute approximate surface area is 162 Å². The van der Waals surface area contributed by atoms with E-state index >= 15 is 0 Å². The topological polar surface area (TPSA) is 81.9 Å². The van der Waals surface area contributed by atoms with Gasteiger partial charge in [0.15, 0.2) is 5.13 Å². The van der Waals surface area contributed by atoms with Crippen LogP contribution in [0.1, 0.15) is 21.7 Å². The average Bonchev–Trinajstić information content (AvgIpc) is 3.01. The summed E-state index contributed by atoms with van der Waals surface area (Å²) in [7, 11) is 1.78. The maximum absolute atomic E-state index is 12.3. The number of aromatic nitrogens is 2. The summed E-state index contributed by atoms with van der Waals surface area (Å²) in [6, 6.07) is 15.6. The highest BCUT2D eigenvalue weighted by atomic mass is 32.1. The monoisotopic (exact) mass is 377 g/mol. The molecule has 0 saturated heterocycles. The lowest BCUT2D eigenvalue weighted by molar-refractivity contribution is -0.114. The molecule has 0 unspecified atom stereocenters. The van der Waals surface area contributed by atoms with Crippen molar-refractivity contribution in [1.82, 2.24) is 9.97 Å². The summed E-state index contributed by atoms with van der Waals surface area (Å²) in [5.74, 6) is 0.466. The first-order valence-electron chi connectivity index (χ1n) is 8.42. The van der Waals surface area contributed by atoms with Gasteiger partial charge in [0, 0.05) is 24.5 Å². The first-order valence-corrected chi connectivity index (χ1v) is 9.24. The maximum Gasteiger partial charge on any atom is 0.245 e. The Morgan fingerprint density at radius 3 is 2.70 bits per heavy atom. The Kier molecular flexibility index (Phi) is 5.79. The number of aryl methyl sites for hydroxylation is 1. The minimum atomic E-state index is -0.163. The van der Waals surface area contributed by atoms with E-state index in [9.17, 15) is 4.79 Å². The number of hydrogen-bond donors (Lipinski definition) is 1. The standard InChI is InChI=1S/C20H19N5OS/c1-14-17(10-15-6-4-3-5-7-15)23-20(27-14)24-19(26)13-25(2)18-9-8-16(11-21)12-22-18/h3-9,12H,10,13H2,1-2H3,(H,23,24,26). The molecule has 0 aliphatic carbocycles. The lowest BCUT2D eigenvalue weighted by Crippen LogP contribution is -2.30. The fourth-order valence-electron chi connectivity index (χ4n) is 2.57. The van der Waals surface area contributed by atoms with E-state index in [1.165, 1.54) is 23.1 Å². The Morgan fingerprint density at radius 2 is 2.04 bits per heavy atom. The zero-order chi connectivity index (χ0) is 19.2. The van der Waals surface area contributed by atoms with Gasteiger partial charge in [-0.3, -0.25) is 4.79 Å². The molecule has 27 heavy (non-hydrogen) atoms. The second kappa shape index (κ2) is 8.43. The van der Waals surface area contributed by atoms with Gasteiger partial charge in [-0.15, -0.1) is 11.3 Å². The highest BCUT2D eigenvalue weighted by Gasteiger charge is 2.13. The quantitative estimate of drug-likeness (QED) is 0.712. The number of carbonyl (C=O) groups excluding carboxylic acids is 1. The molecule has 0 aliphatic rings. The molecule has 0 fully saturated rings. The van der Waals surface area contributed by atoms with E-state index in [1.807, 2.05) is 31.2 Å². The molecule has 3 rings (SSSR count). The van der Waals surface area contributed by atoms with E-state index in [4.69, 9.17) is 5.26 Å². The van der Waals surface area contributed by atoms with Gasteiger partial charge in [0.05, 0.1) is 17.8 Å². The lowest BCUT2D eigenvalue weighted by Gasteiger charge is -2.16. The molecule has 6 nitrogen and oxygen atoms in total. The average molecular weight is 377 g/mol. The van der Waals surface area contributed by atoms with Crippen LogP contribution in [-0.2, 0) is 11.2 Å². The van der Waals surface area contributed by atoms with Crippen molar-refractivity contribution in [3.63, 3.8) is 0 Å². The summed E-state index contributed by atoms with van der Waals surface area (Å²) >= 11 is 1.48. The molecule has 2 aromatic heterocycles. The number of anilines is 2. The molecular weight excluding hydrogens is 358 g/mol. The van der Waals surface area contributed by atoms with Crippen LogP contribution in [0.15, 0.2) is 48.7 Å². The third kappa shape index (κ3) is 4.90. The number of nitrogens with zero attached hydrogens (tertiary/aromatic N) is 4. The zero-order valence-corrected chi connectivity index (χ0v) is 16.0. The van der Waals surface area contributed by atoms with E-state index in [2.05, 4.69) is 27.4 Å². The summed E-state index contributed by atoms with van der Waals surface area (Å²) in [6.45, 7) is 2.16. The van der Waals surface area contributed by atoms with Crippen LogP contribution in [-0.4, -0.2) is 29.5 Å². The predicted molar refractivity (Wildman–Crippen MR) is 107 cm³/mol. The Balaban J connectivity index is 1.60. The molecule has 7 heteroatoms. The van der Waals surface area contributed by atoms with Crippen molar-refractivity contribution in [2.24, 2.45) is 0 Å². The molecule has 1 aromatic carbocycles. The molecule has 1 amide bonds. The predicted octanol–water partition coefficient (Wildman–Crippen LogP) is 3.38. The molecule has 1 N–H and O–H groups in total. The van der Waals surface area contributed by atoms with Gasteiger partial charge in [-0.1, -0.05) is 30.3 Å². The smallest absolute Gasteiger partial charge is 0.245 e.